The molecular formula is C14H22O5. The lowest BCUT2D eigenvalue weighted by Crippen LogP contribution is -2.56. The van der Waals surface area contributed by atoms with Gasteiger partial charge in [0.25, 0.3) is 0 Å². The fourth-order valence-corrected chi connectivity index (χ4v) is 4.04. The molecule has 5 nitrogen and oxygen atoms in total. The van der Waals surface area contributed by atoms with E-state index < -0.39 is 11.4 Å². The van der Waals surface area contributed by atoms with Crippen LogP contribution in [0.1, 0.15) is 27.2 Å². The van der Waals surface area contributed by atoms with E-state index in [4.69, 9.17) is 18.9 Å². The van der Waals surface area contributed by atoms with Crippen molar-refractivity contribution in [3.8, 4) is 0 Å². The minimum Gasteiger partial charge on any atom is -0.384 e. The Morgan fingerprint density at radius 1 is 1.37 bits per heavy atom. The summed E-state index contributed by atoms with van der Waals surface area (Å²) >= 11 is 0. The average Bonchev–Trinajstić information content (AvgIpc) is 2.76. The highest BCUT2D eigenvalue weighted by atomic mass is 16.8. The summed E-state index contributed by atoms with van der Waals surface area (Å²) < 4.78 is 23.1. The molecule has 1 saturated carbocycles. The van der Waals surface area contributed by atoms with E-state index in [1.54, 1.807) is 7.11 Å². The van der Waals surface area contributed by atoms with Gasteiger partial charge in [-0.1, -0.05) is 0 Å². The van der Waals surface area contributed by atoms with Gasteiger partial charge in [0.1, 0.15) is 12.7 Å². The molecular weight excluding hydrogens is 248 g/mol. The first-order chi connectivity index (χ1) is 8.86. The van der Waals surface area contributed by atoms with E-state index >= 15 is 0 Å². The molecule has 3 aliphatic rings. The van der Waals surface area contributed by atoms with Gasteiger partial charge in [-0.05, 0) is 33.1 Å². The number of carbonyl (C=O) groups excluding carboxylic acids is 1. The normalized spacial score (nSPS) is 48.1. The van der Waals surface area contributed by atoms with E-state index in [9.17, 15) is 4.79 Å². The predicted octanol–water partition coefficient (Wildman–Crippen LogP) is 1.15. The lowest BCUT2D eigenvalue weighted by molar-refractivity contribution is -0.163. The van der Waals surface area contributed by atoms with Crippen LogP contribution in [0.15, 0.2) is 0 Å². The Hall–Kier alpha value is -0.490. The van der Waals surface area contributed by atoms with Gasteiger partial charge in [0.2, 0.25) is 0 Å². The molecule has 0 unspecified atom stereocenters. The Balaban J connectivity index is 1.92. The Kier molecular flexibility index (Phi) is 3.02. The minimum absolute atomic E-state index is 0.115. The minimum atomic E-state index is -0.624. The maximum Gasteiger partial charge on any atom is 0.164 e. The topological polar surface area (TPSA) is 54.0 Å². The van der Waals surface area contributed by atoms with Crippen LogP contribution in [0.3, 0.4) is 0 Å². The molecule has 0 radical (unpaired) electrons. The number of hydrogen-bond acceptors (Lipinski definition) is 5. The highest BCUT2D eigenvalue weighted by Crippen LogP contribution is 2.51. The number of Topliss-reactive ketones (excluding diaryl/α,β-unsaturated/α-hetero) is 1. The number of rotatable bonds is 2. The SMILES string of the molecule is COC[C@@H]1C[C@@]2(C)OC(C)(C)O[C@H]2[C@H]2OCC(=O)[C@@H]12. The number of hydrogen-bond donors (Lipinski definition) is 0. The second-order valence-electron chi connectivity index (χ2n) is 6.54. The van der Waals surface area contributed by atoms with Crippen LogP contribution >= 0.6 is 0 Å². The highest BCUT2D eigenvalue weighted by Gasteiger charge is 2.63. The van der Waals surface area contributed by atoms with Crippen molar-refractivity contribution in [2.45, 2.75) is 50.8 Å². The lowest BCUT2D eigenvalue weighted by atomic mass is 9.68. The fraction of sp³-hybridized carbons (Fsp3) is 0.929. The first-order valence-electron chi connectivity index (χ1n) is 6.87. The first kappa shape index (κ1) is 13.5. The van der Waals surface area contributed by atoms with E-state index in [0.717, 1.165) is 6.42 Å². The van der Waals surface area contributed by atoms with Crippen LogP contribution in [0.4, 0.5) is 0 Å². The number of carbonyl (C=O) groups is 1. The van der Waals surface area contributed by atoms with E-state index in [0.29, 0.717) is 6.61 Å². The average molecular weight is 270 g/mol. The van der Waals surface area contributed by atoms with Gasteiger partial charge in [0.05, 0.1) is 17.6 Å². The number of ether oxygens (including phenoxy) is 4. The van der Waals surface area contributed by atoms with Gasteiger partial charge in [-0.2, -0.15) is 0 Å². The zero-order valence-electron chi connectivity index (χ0n) is 12.0. The van der Waals surface area contributed by atoms with Crippen molar-refractivity contribution in [2.75, 3.05) is 20.3 Å². The smallest absolute Gasteiger partial charge is 0.164 e. The third kappa shape index (κ3) is 2.03. The quantitative estimate of drug-likeness (QED) is 0.753. The molecule has 108 valence electrons. The summed E-state index contributed by atoms with van der Waals surface area (Å²) in [6.45, 7) is 6.62. The maximum atomic E-state index is 12.1. The predicted molar refractivity (Wildman–Crippen MR) is 66.7 cm³/mol. The molecule has 0 aromatic rings. The van der Waals surface area contributed by atoms with Crippen LogP contribution in [0.2, 0.25) is 0 Å². The molecule has 0 aromatic carbocycles. The summed E-state index contributed by atoms with van der Waals surface area (Å²) in [5.41, 5.74) is -0.404. The molecule has 0 aromatic heterocycles. The molecule has 3 fully saturated rings. The van der Waals surface area contributed by atoms with E-state index in [2.05, 4.69) is 6.92 Å². The molecule has 5 atom stereocenters. The number of fused-ring (bicyclic) bond motifs is 3. The third-order valence-corrected chi connectivity index (χ3v) is 4.49. The van der Waals surface area contributed by atoms with Gasteiger partial charge in [-0.25, -0.2) is 0 Å². The second-order valence-corrected chi connectivity index (χ2v) is 6.54. The van der Waals surface area contributed by atoms with Crippen molar-refractivity contribution in [2.24, 2.45) is 11.8 Å². The lowest BCUT2D eigenvalue weighted by Gasteiger charge is -2.43. The van der Waals surface area contributed by atoms with Crippen LogP contribution in [0, 0.1) is 11.8 Å². The van der Waals surface area contributed by atoms with Gasteiger partial charge >= 0.3 is 0 Å². The van der Waals surface area contributed by atoms with Crippen molar-refractivity contribution < 1.29 is 23.7 Å². The van der Waals surface area contributed by atoms with Crippen molar-refractivity contribution in [3.63, 3.8) is 0 Å². The van der Waals surface area contributed by atoms with Crippen LogP contribution in [0.5, 0.6) is 0 Å². The Morgan fingerprint density at radius 2 is 2.11 bits per heavy atom. The highest BCUT2D eigenvalue weighted by molar-refractivity contribution is 5.85. The van der Waals surface area contributed by atoms with Crippen molar-refractivity contribution in [3.05, 3.63) is 0 Å². The summed E-state index contributed by atoms with van der Waals surface area (Å²) in [6.07, 6.45) is 0.394. The van der Waals surface area contributed by atoms with E-state index in [1.807, 2.05) is 13.8 Å². The van der Waals surface area contributed by atoms with Crippen molar-refractivity contribution in [1.82, 2.24) is 0 Å². The van der Waals surface area contributed by atoms with Crippen LogP contribution < -0.4 is 0 Å². The summed E-state index contributed by atoms with van der Waals surface area (Å²) in [5.74, 6) is -0.428. The van der Waals surface area contributed by atoms with Gasteiger partial charge < -0.3 is 18.9 Å². The summed E-state index contributed by atoms with van der Waals surface area (Å²) in [5, 5.41) is 0. The van der Waals surface area contributed by atoms with Crippen LogP contribution in [-0.2, 0) is 23.7 Å². The number of ketones is 1. The standard InChI is InChI=1S/C14H22O5/c1-13(2)18-12-11-10(9(15)7-17-11)8(6-16-4)5-14(12,3)19-13/h8,10-12H,5-7H2,1-4H3/t8-,10+,11-,12-,14+/m0/s1. The molecule has 19 heavy (non-hydrogen) atoms. The molecule has 2 aliphatic heterocycles. The molecule has 0 spiro atoms. The summed E-state index contributed by atoms with van der Waals surface area (Å²) in [6, 6.07) is 0. The molecule has 2 saturated heterocycles. The van der Waals surface area contributed by atoms with Crippen molar-refractivity contribution >= 4 is 5.78 Å². The molecule has 3 rings (SSSR count). The van der Waals surface area contributed by atoms with Gasteiger partial charge in [-0.15, -0.1) is 0 Å². The largest absolute Gasteiger partial charge is 0.384 e. The molecule has 0 bridgehead atoms. The van der Waals surface area contributed by atoms with Gasteiger partial charge in [0, 0.05) is 13.7 Å². The van der Waals surface area contributed by atoms with E-state index in [1.165, 1.54) is 0 Å². The van der Waals surface area contributed by atoms with Gasteiger partial charge in [0.15, 0.2) is 11.6 Å². The summed E-state index contributed by atoms with van der Waals surface area (Å²) in [4.78, 5) is 12.1. The molecule has 1 aliphatic carbocycles. The number of methoxy groups -OCH3 is 1. The maximum absolute atomic E-state index is 12.1. The fourth-order valence-electron chi connectivity index (χ4n) is 4.04. The molecule has 0 amide bonds. The van der Waals surface area contributed by atoms with E-state index in [-0.39, 0.29) is 36.4 Å². The van der Waals surface area contributed by atoms with Crippen molar-refractivity contribution in [1.29, 1.82) is 0 Å². The Labute approximate surface area is 113 Å². The Morgan fingerprint density at radius 3 is 2.79 bits per heavy atom. The van der Waals surface area contributed by atoms with Crippen LogP contribution in [0.25, 0.3) is 0 Å². The molecule has 2 heterocycles. The molecule has 5 heteroatoms. The van der Waals surface area contributed by atoms with Gasteiger partial charge in [-0.3, -0.25) is 4.79 Å². The monoisotopic (exact) mass is 270 g/mol. The second kappa shape index (κ2) is 4.25. The zero-order valence-corrected chi connectivity index (χ0v) is 12.0. The molecule has 0 N–H and O–H groups in total. The first-order valence-corrected chi connectivity index (χ1v) is 6.87. The summed E-state index contributed by atoms with van der Waals surface area (Å²) in [7, 11) is 1.67. The Bertz CT molecular complexity index is 393. The van der Waals surface area contributed by atoms with Crippen LogP contribution in [-0.4, -0.2) is 49.7 Å². The third-order valence-electron chi connectivity index (χ3n) is 4.49. The zero-order chi connectivity index (χ0) is 13.8.